The molecule has 0 saturated carbocycles. The number of hydrogen-bond acceptors (Lipinski definition) is 12. The number of aliphatic hydroxyl groups excluding tert-OH is 2. The fraction of sp³-hybridized carbons (Fsp3) is 0.308. The Morgan fingerprint density at radius 1 is 1.00 bits per heavy atom. The van der Waals surface area contributed by atoms with E-state index in [1.807, 2.05) is 0 Å². The quantitative estimate of drug-likeness (QED) is 0.160. The Kier molecular flexibility index (Phi) is 7.22. The van der Waals surface area contributed by atoms with Crippen LogP contribution in [0.25, 0.3) is 22.3 Å². The van der Waals surface area contributed by atoms with E-state index in [9.17, 15) is 40.2 Å². The number of hydrogen-bond donors (Lipinski definition) is 6. The minimum atomic E-state index is -1.78. The number of phenols is 4. The molecule has 5 atom stereocenters. The first kappa shape index (κ1) is 26.8. The Hall–Kier alpha value is -4.26. The topological polar surface area (TPSA) is 196 Å². The lowest BCUT2D eigenvalue weighted by Gasteiger charge is -2.40. The molecule has 2 heterocycles. The summed E-state index contributed by atoms with van der Waals surface area (Å²) in [6.07, 6.45) is -5.91. The second-order valence-corrected chi connectivity index (χ2v) is 8.78. The van der Waals surface area contributed by atoms with Crippen molar-refractivity contribution in [3.63, 3.8) is 0 Å². The molecule has 1 aliphatic rings. The van der Waals surface area contributed by atoms with Gasteiger partial charge in [-0.25, -0.2) is 4.79 Å². The molecule has 38 heavy (non-hydrogen) atoms. The number of phenolic OH excluding ortho intramolecular Hbond substituents is 4. The summed E-state index contributed by atoms with van der Waals surface area (Å²) in [7, 11) is 0. The zero-order valence-electron chi connectivity index (χ0n) is 20.5. The first-order valence-electron chi connectivity index (χ1n) is 11.5. The molecule has 12 nitrogen and oxygen atoms in total. The van der Waals surface area contributed by atoms with Crippen molar-refractivity contribution in [3.05, 3.63) is 52.2 Å². The molecule has 12 heteroatoms. The van der Waals surface area contributed by atoms with Gasteiger partial charge in [-0.15, -0.1) is 0 Å². The molecule has 6 N–H and O–H groups in total. The highest BCUT2D eigenvalue weighted by molar-refractivity contribution is 5.89. The van der Waals surface area contributed by atoms with Crippen molar-refractivity contribution in [2.24, 2.45) is 0 Å². The second-order valence-electron chi connectivity index (χ2n) is 8.78. The molecule has 202 valence electrons. The van der Waals surface area contributed by atoms with Gasteiger partial charge in [0.1, 0.15) is 28.6 Å². The second kappa shape index (κ2) is 10.2. The SMILES string of the molecule is CC=C(C)C(=O)O[C@@H]1[C@@H](O)[C@H](C)O[C@@H](Oc2c(-c3ccc(O)c(O)c3)oc3cc(O)cc(O)c3c2=O)[C@@H]1O. The number of esters is 1. The van der Waals surface area contributed by atoms with Crippen LogP contribution in [0.15, 0.2) is 51.2 Å². The maximum atomic E-state index is 13.5. The van der Waals surface area contributed by atoms with Crippen LogP contribution in [0.4, 0.5) is 0 Å². The van der Waals surface area contributed by atoms with Gasteiger partial charge in [-0.1, -0.05) is 6.08 Å². The smallest absolute Gasteiger partial charge is 0.333 e. The van der Waals surface area contributed by atoms with Crippen LogP contribution in [0.3, 0.4) is 0 Å². The van der Waals surface area contributed by atoms with Crippen LogP contribution in [0.1, 0.15) is 20.8 Å². The van der Waals surface area contributed by atoms with E-state index in [1.165, 1.54) is 26.0 Å². The molecule has 1 aromatic heterocycles. The highest BCUT2D eigenvalue weighted by Gasteiger charge is 2.47. The normalized spacial score (nSPS) is 23.8. The first-order chi connectivity index (χ1) is 17.9. The van der Waals surface area contributed by atoms with Crippen molar-refractivity contribution in [1.29, 1.82) is 0 Å². The van der Waals surface area contributed by atoms with Gasteiger partial charge in [-0.05, 0) is 39.0 Å². The number of rotatable bonds is 5. The van der Waals surface area contributed by atoms with Crippen molar-refractivity contribution in [3.8, 4) is 40.1 Å². The fourth-order valence-corrected chi connectivity index (χ4v) is 3.91. The predicted molar refractivity (Wildman–Crippen MR) is 131 cm³/mol. The molecule has 0 aliphatic carbocycles. The number of ether oxygens (including phenoxy) is 3. The zero-order valence-corrected chi connectivity index (χ0v) is 20.5. The standard InChI is InChI=1S/C26H26O12/c1-4-10(2)25(34)37-23-19(31)11(3)35-26(21(23)33)38-24-20(32)18-16(30)8-13(27)9-17(18)36-22(24)12-5-6-14(28)15(29)7-12/h4-9,11,19,21,23,26-31,33H,1-3H3/t11-,19-,21+,23+,26-/m0/s1. The Morgan fingerprint density at radius 2 is 1.71 bits per heavy atom. The molecule has 0 radical (unpaired) electrons. The number of aliphatic hydroxyl groups is 2. The zero-order chi connectivity index (χ0) is 27.9. The maximum absolute atomic E-state index is 13.5. The summed E-state index contributed by atoms with van der Waals surface area (Å²) in [5.41, 5.74) is -0.893. The molecule has 3 aromatic rings. The monoisotopic (exact) mass is 530 g/mol. The Morgan fingerprint density at radius 3 is 2.37 bits per heavy atom. The van der Waals surface area contributed by atoms with E-state index in [2.05, 4.69) is 0 Å². The lowest BCUT2D eigenvalue weighted by Crippen LogP contribution is -2.60. The van der Waals surface area contributed by atoms with Crippen LogP contribution in [0, 0.1) is 0 Å². The van der Waals surface area contributed by atoms with Gasteiger partial charge in [0.15, 0.2) is 29.5 Å². The Balaban J connectivity index is 1.83. The number of allylic oxidation sites excluding steroid dienone is 1. The van der Waals surface area contributed by atoms with E-state index < -0.39 is 70.9 Å². The Labute approximate surface area is 215 Å². The summed E-state index contributed by atoms with van der Waals surface area (Å²) in [6, 6.07) is 5.49. The van der Waals surface area contributed by atoms with E-state index in [0.29, 0.717) is 0 Å². The highest BCUT2D eigenvalue weighted by atomic mass is 16.7. The molecule has 2 aromatic carbocycles. The largest absolute Gasteiger partial charge is 0.508 e. The van der Waals surface area contributed by atoms with Crippen molar-refractivity contribution >= 4 is 16.9 Å². The summed E-state index contributed by atoms with van der Waals surface area (Å²) in [5.74, 6) is -3.71. The van der Waals surface area contributed by atoms with E-state index in [0.717, 1.165) is 24.3 Å². The lowest BCUT2D eigenvalue weighted by atomic mass is 9.99. The van der Waals surface area contributed by atoms with E-state index in [-0.39, 0.29) is 27.9 Å². The molecular formula is C26H26O12. The highest BCUT2D eigenvalue weighted by Crippen LogP contribution is 2.39. The average molecular weight is 530 g/mol. The molecule has 0 unspecified atom stereocenters. The van der Waals surface area contributed by atoms with E-state index in [4.69, 9.17) is 18.6 Å². The van der Waals surface area contributed by atoms with E-state index >= 15 is 0 Å². The third kappa shape index (κ3) is 4.84. The number of aromatic hydroxyl groups is 4. The third-order valence-corrected chi connectivity index (χ3v) is 6.17. The number of benzene rings is 2. The van der Waals surface area contributed by atoms with Gasteiger partial charge in [0.25, 0.3) is 0 Å². The summed E-state index contributed by atoms with van der Waals surface area (Å²) < 4.78 is 22.4. The molecule has 1 fully saturated rings. The minimum Gasteiger partial charge on any atom is -0.508 e. The summed E-state index contributed by atoms with van der Waals surface area (Å²) in [4.78, 5) is 25.8. The molecule has 0 amide bonds. The summed E-state index contributed by atoms with van der Waals surface area (Å²) in [5, 5.41) is 61.0. The lowest BCUT2D eigenvalue weighted by molar-refractivity contribution is -0.272. The van der Waals surface area contributed by atoms with Crippen LogP contribution < -0.4 is 10.2 Å². The van der Waals surface area contributed by atoms with Gasteiger partial charge in [0, 0.05) is 23.3 Å². The fourth-order valence-electron chi connectivity index (χ4n) is 3.91. The number of carbonyl (C=O) groups is 1. The first-order valence-corrected chi connectivity index (χ1v) is 11.5. The minimum absolute atomic E-state index is 0.0437. The van der Waals surface area contributed by atoms with Crippen LogP contribution in [-0.2, 0) is 14.3 Å². The Bertz CT molecular complexity index is 1470. The summed E-state index contributed by atoms with van der Waals surface area (Å²) >= 11 is 0. The van der Waals surface area contributed by atoms with Crippen molar-refractivity contribution in [2.45, 2.75) is 51.5 Å². The predicted octanol–water partition coefficient (Wildman–Crippen LogP) is 2.01. The molecule has 1 saturated heterocycles. The van der Waals surface area contributed by atoms with Crippen LogP contribution in [0.2, 0.25) is 0 Å². The molecular weight excluding hydrogens is 504 g/mol. The molecule has 1 aliphatic heterocycles. The van der Waals surface area contributed by atoms with Crippen molar-refractivity contribution in [1.82, 2.24) is 0 Å². The number of carbonyl (C=O) groups excluding carboxylic acids is 1. The van der Waals surface area contributed by atoms with Crippen molar-refractivity contribution < 1.29 is 54.1 Å². The van der Waals surface area contributed by atoms with E-state index in [1.54, 1.807) is 6.92 Å². The average Bonchev–Trinajstić information content (AvgIpc) is 2.86. The number of fused-ring (bicyclic) bond motifs is 1. The maximum Gasteiger partial charge on any atom is 0.333 e. The van der Waals surface area contributed by atoms with Crippen LogP contribution >= 0.6 is 0 Å². The third-order valence-electron chi connectivity index (χ3n) is 6.17. The van der Waals surface area contributed by atoms with Crippen LogP contribution in [0.5, 0.6) is 28.7 Å². The van der Waals surface area contributed by atoms with Gasteiger partial charge < -0.3 is 49.3 Å². The van der Waals surface area contributed by atoms with Crippen molar-refractivity contribution in [2.75, 3.05) is 0 Å². The van der Waals surface area contributed by atoms with Gasteiger partial charge in [-0.3, -0.25) is 4.79 Å². The molecule has 0 bridgehead atoms. The molecule has 0 spiro atoms. The van der Waals surface area contributed by atoms with Gasteiger partial charge in [0.2, 0.25) is 17.5 Å². The molecule has 4 rings (SSSR count). The van der Waals surface area contributed by atoms with Crippen LogP contribution in [-0.4, -0.2) is 67.3 Å². The van der Waals surface area contributed by atoms with Gasteiger partial charge >= 0.3 is 5.97 Å². The van der Waals surface area contributed by atoms with Gasteiger partial charge in [-0.2, -0.15) is 0 Å². The van der Waals surface area contributed by atoms with Gasteiger partial charge in [0.05, 0.1) is 6.10 Å². The summed E-state index contributed by atoms with van der Waals surface area (Å²) in [6.45, 7) is 4.53.